The first-order valence-electron chi connectivity index (χ1n) is 6.09. The molecule has 0 saturated carbocycles. The van der Waals surface area contributed by atoms with Crippen LogP contribution in [0.3, 0.4) is 0 Å². The summed E-state index contributed by atoms with van der Waals surface area (Å²) >= 11 is 12.1. The Balaban J connectivity index is 2.52. The Bertz CT molecular complexity index is 655. The van der Waals surface area contributed by atoms with E-state index >= 15 is 0 Å². The Morgan fingerprint density at radius 2 is 1.70 bits per heavy atom. The van der Waals surface area contributed by atoms with Crippen LogP contribution in [-0.2, 0) is 0 Å². The maximum absolute atomic E-state index is 12.5. The number of carbonyl (C=O) groups excluding carboxylic acids is 1. The summed E-state index contributed by atoms with van der Waals surface area (Å²) in [6.07, 6.45) is 0. The third-order valence-electron chi connectivity index (χ3n) is 3.12. The molecule has 0 atom stereocenters. The fourth-order valence-electron chi connectivity index (χ4n) is 2.24. The van der Waals surface area contributed by atoms with Gasteiger partial charge in [0, 0.05) is 11.1 Å². The van der Waals surface area contributed by atoms with Gasteiger partial charge in [-0.25, -0.2) is 0 Å². The number of carbonyl (C=O) groups is 1. The molecule has 0 aliphatic carbocycles. The molecule has 104 valence electrons. The van der Waals surface area contributed by atoms with Crippen molar-refractivity contribution in [2.75, 3.05) is 7.11 Å². The molecular formula is C16H14Cl2O2. The topological polar surface area (TPSA) is 26.3 Å². The van der Waals surface area contributed by atoms with Crippen LogP contribution in [0, 0.1) is 13.8 Å². The van der Waals surface area contributed by atoms with Gasteiger partial charge in [-0.05, 0) is 49.2 Å². The van der Waals surface area contributed by atoms with Crippen LogP contribution in [-0.4, -0.2) is 12.9 Å². The third-order valence-corrected chi connectivity index (χ3v) is 3.94. The fraction of sp³-hybridized carbons (Fsp3) is 0.188. The van der Waals surface area contributed by atoms with Gasteiger partial charge < -0.3 is 4.74 Å². The van der Waals surface area contributed by atoms with Crippen LogP contribution in [0.15, 0.2) is 30.3 Å². The van der Waals surface area contributed by atoms with Crippen molar-refractivity contribution in [1.82, 2.24) is 0 Å². The summed E-state index contributed by atoms with van der Waals surface area (Å²) in [4.78, 5) is 12.5. The molecule has 0 N–H and O–H groups in total. The van der Waals surface area contributed by atoms with Gasteiger partial charge in [-0.1, -0.05) is 29.3 Å². The molecule has 0 aromatic heterocycles. The molecule has 0 aliphatic rings. The lowest BCUT2D eigenvalue weighted by Crippen LogP contribution is -2.04. The first kappa shape index (κ1) is 14.9. The lowest BCUT2D eigenvalue weighted by molar-refractivity contribution is 0.103. The van der Waals surface area contributed by atoms with Gasteiger partial charge in [-0.3, -0.25) is 4.79 Å². The molecule has 0 unspecified atom stereocenters. The van der Waals surface area contributed by atoms with Crippen LogP contribution in [0.4, 0.5) is 0 Å². The van der Waals surface area contributed by atoms with Gasteiger partial charge in [0.2, 0.25) is 0 Å². The Morgan fingerprint density at radius 3 is 2.25 bits per heavy atom. The van der Waals surface area contributed by atoms with Crippen molar-refractivity contribution < 1.29 is 9.53 Å². The predicted molar refractivity (Wildman–Crippen MR) is 82.4 cm³/mol. The average Bonchev–Trinajstić information content (AvgIpc) is 2.41. The number of hydrogen-bond acceptors (Lipinski definition) is 2. The third kappa shape index (κ3) is 2.67. The van der Waals surface area contributed by atoms with E-state index in [4.69, 9.17) is 27.9 Å². The summed E-state index contributed by atoms with van der Waals surface area (Å²) in [6.45, 7) is 3.81. The maximum atomic E-state index is 12.5. The molecule has 2 aromatic carbocycles. The van der Waals surface area contributed by atoms with Crippen LogP contribution in [0.1, 0.15) is 27.0 Å². The maximum Gasteiger partial charge on any atom is 0.194 e. The standard InChI is InChI=1S/C16H14Cl2O2/c1-9-7-11(8-10(2)16(9)20-3)15(19)12-5-4-6-13(17)14(12)18/h4-8H,1-3H3. The summed E-state index contributed by atoms with van der Waals surface area (Å²) in [5, 5.41) is 0.657. The molecule has 0 aliphatic heterocycles. The highest BCUT2D eigenvalue weighted by atomic mass is 35.5. The van der Waals surface area contributed by atoms with E-state index in [0.29, 0.717) is 16.1 Å². The first-order chi connectivity index (χ1) is 9.45. The van der Waals surface area contributed by atoms with E-state index in [2.05, 4.69) is 0 Å². The smallest absolute Gasteiger partial charge is 0.194 e. The summed E-state index contributed by atoms with van der Waals surface area (Å²) in [7, 11) is 1.62. The normalized spacial score (nSPS) is 10.4. The Morgan fingerprint density at radius 1 is 1.10 bits per heavy atom. The molecule has 0 heterocycles. The van der Waals surface area contributed by atoms with Crippen molar-refractivity contribution in [3.8, 4) is 5.75 Å². The minimum atomic E-state index is -0.147. The number of methoxy groups -OCH3 is 1. The summed E-state index contributed by atoms with van der Waals surface area (Å²) in [6, 6.07) is 8.64. The van der Waals surface area contributed by atoms with Crippen LogP contribution in [0.2, 0.25) is 10.0 Å². The molecular weight excluding hydrogens is 295 g/mol. The number of rotatable bonds is 3. The first-order valence-corrected chi connectivity index (χ1v) is 6.85. The van der Waals surface area contributed by atoms with Crippen molar-refractivity contribution in [3.05, 3.63) is 62.6 Å². The van der Waals surface area contributed by atoms with E-state index < -0.39 is 0 Å². The largest absolute Gasteiger partial charge is 0.496 e. The molecule has 0 amide bonds. The second kappa shape index (κ2) is 5.86. The average molecular weight is 309 g/mol. The number of hydrogen-bond donors (Lipinski definition) is 0. The van der Waals surface area contributed by atoms with Crippen molar-refractivity contribution >= 4 is 29.0 Å². The molecule has 0 saturated heterocycles. The Hall–Kier alpha value is -1.51. The highest BCUT2D eigenvalue weighted by Crippen LogP contribution is 2.30. The number of ether oxygens (including phenoxy) is 1. The molecule has 0 fully saturated rings. The molecule has 2 rings (SSSR count). The molecule has 0 bridgehead atoms. The molecule has 20 heavy (non-hydrogen) atoms. The van der Waals surface area contributed by atoms with Gasteiger partial charge in [0.15, 0.2) is 5.78 Å². The highest BCUT2D eigenvalue weighted by molar-refractivity contribution is 6.44. The minimum absolute atomic E-state index is 0.147. The Kier molecular flexibility index (Phi) is 4.36. The van der Waals surface area contributed by atoms with Gasteiger partial charge in [0.1, 0.15) is 5.75 Å². The SMILES string of the molecule is COc1c(C)cc(C(=O)c2cccc(Cl)c2Cl)cc1C. The number of ketones is 1. The van der Waals surface area contributed by atoms with E-state index in [1.54, 1.807) is 37.4 Å². The van der Waals surface area contributed by atoms with Crippen LogP contribution < -0.4 is 4.74 Å². The number of aryl methyl sites for hydroxylation is 2. The van der Waals surface area contributed by atoms with Crippen molar-refractivity contribution in [1.29, 1.82) is 0 Å². The van der Waals surface area contributed by atoms with Crippen molar-refractivity contribution in [3.63, 3.8) is 0 Å². The molecule has 2 nitrogen and oxygen atoms in total. The van der Waals surface area contributed by atoms with Gasteiger partial charge in [0.25, 0.3) is 0 Å². The minimum Gasteiger partial charge on any atom is -0.496 e. The number of halogens is 2. The summed E-state index contributed by atoms with van der Waals surface area (Å²) in [5.41, 5.74) is 2.80. The molecule has 2 aromatic rings. The monoisotopic (exact) mass is 308 g/mol. The van der Waals surface area contributed by atoms with Gasteiger partial charge in [-0.2, -0.15) is 0 Å². The quantitative estimate of drug-likeness (QED) is 0.758. The molecule has 4 heteroatoms. The van der Waals surface area contributed by atoms with E-state index in [0.717, 1.165) is 16.9 Å². The zero-order chi connectivity index (χ0) is 14.9. The molecule has 0 radical (unpaired) electrons. The van der Waals surface area contributed by atoms with E-state index in [1.807, 2.05) is 13.8 Å². The van der Waals surface area contributed by atoms with Crippen LogP contribution in [0.25, 0.3) is 0 Å². The Labute approximate surface area is 128 Å². The highest BCUT2D eigenvalue weighted by Gasteiger charge is 2.16. The van der Waals surface area contributed by atoms with Crippen molar-refractivity contribution in [2.24, 2.45) is 0 Å². The lowest BCUT2D eigenvalue weighted by Gasteiger charge is -2.11. The van der Waals surface area contributed by atoms with E-state index in [-0.39, 0.29) is 10.8 Å². The van der Waals surface area contributed by atoms with Crippen LogP contribution in [0.5, 0.6) is 5.75 Å². The number of benzene rings is 2. The van der Waals surface area contributed by atoms with Crippen molar-refractivity contribution in [2.45, 2.75) is 13.8 Å². The fourth-order valence-corrected chi connectivity index (χ4v) is 2.62. The summed E-state index contributed by atoms with van der Waals surface area (Å²) in [5.74, 6) is 0.644. The summed E-state index contributed by atoms with van der Waals surface area (Å²) < 4.78 is 5.30. The van der Waals surface area contributed by atoms with Gasteiger partial charge in [0.05, 0.1) is 17.2 Å². The second-order valence-electron chi connectivity index (χ2n) is 4.57. The van der Waals surface area contributed by atoms with Gasteiger partial charge in [-0.15, -0.1) is 0 Å². The predicted octanol–water partition coefficient (Wildman–Crippen LogP) is 4.85. The zero-order valence-corrected chi connectivity index (χ0v) is 13.0. The van der Waals surface area contributed by atoms with Gasteiger partial charge >= 0.3 is 0 Å². The van der Waals surface area contributed by atoms with E-state index in [1.165, 1.54) is 0 Å². The zero-order valence-electron chi connectivity index (χ0n) is 11.5. The second-order valence-corrected chi connectivity index (χ2v) is 5.36. The van der Waals surface area contributed by atoms with Crippen LogP contribution >= 0.6 is 23.2 Å². The lowest BCUT2D eigenvalue weighted by atomic mass is 9.98. The van der Waals surface area contributed by atoms with E-state index in [9.17, 15) is 4.79 Å². The molecule has 0 spiro atoms.